The summed E-state index contributed by atoms with van der Waals surface area (Å²) in [5, 5.41) is 0. The monoisotopic (exact) mass is 108 g/mol. The van der Waals surface area contributed by atoms with Gasteiger partial charge in [0.05, 0.1) is 0 Å². The Hall–Kier alpha value is 1.92. The maximum absolute atomic E-state index is 4.90. The molecule has 0 aliphatic rings. The average molecular weight is 108 g/mol. The fraction of sp³-hybridized carbons (Fsp3) is 1.00. The van der Waals surface area contributed by atoms with Crippen LogP contribution in [0.1, 0.15) is 2.85 Å². The van der Waals surface area contributed by atoms with Gasteiger partial charge in [0.25, 0.3) is 0 Å². The first-order chi connectivity index (χ1) is 1.91. The van der Waals surface area contributed by atoms with Gasteiger partial charge in [-0.15, -0.1) is 0 Å². The molecule has 0 fully saturated rings. The summed E-state index contributed by atoms with van der Waals surface area (Å²) in [5.41, 5.74) is 9.81. The van der Waals surface area contributed by atoms with Crippen molar-refractivity contribution in [1.82, 2.24) is 0 Å². The van der Waals surface area contributed by atoms with Gasteiger partial charge in [-0.3, -0.25) is 0 Å². The van der Waals surface area contributed by atoms with Crippen LogP contribution >= 0.6 is 0 Å². The summed E-state index contributed by atoms with van der Waals surface area (Å²) in [4.78, 5) is 0. The molecule has 0 atom stereocenters. The molecule has 0 spiro atoms. The van der Waals surface area contributed by atoms with E-state index in [9.17, 15) is 0 Å². The zero-order valence-electron chi connectivity index (χ0n) is 6.57. The van der Waals surface area contributed by atoms with Crippen LogP contribution in [-0.4, -0.2) is 13.1 Å². The van der Waals surface area contributed by atoms with Crippen molar-refractivity contribution in [2.75, 3.05) is 13.1 Å². The largest absolute Gasteiger partial charge is 1.00 e. The van der Waals surface area contributed by atoms with Gasteiger partial charge in [0.2, 0.25) is 0 Å². The van der Waals surface area contributed by atoms with E-state index in [1.165, 1.54) is 0 Å². The maximum atomic E-state index is 4.90. The SMILES string of the molecule is NCCN.[H-].[H-].[Na+].[Na+]. The van der Waals surface area contributed by atoms with Crippen molar-refractivity contribution in [2.24, 2.45) is 11.5 Å². The van der Waals surface area contributed by atoms with Crippen LogP contribution < -0.4 is 70.6 Å². The molecule has 4 heteroatoms. The summed E-state index contributed by atoms with van der Waals surface area (Å²) in [7, 11) is 0. The van der Waals surface area contributed by atoms with Gasteiger partial charge in [-0.1, -0.05) is 0 Å². The van der Waals surface area contributed by atoms with Crippen molar-refractivity contribution in [1.29, 1.82) is 0 Å². The molecule has 2 nitrogen and oxygen atoms in total. The predicted octanol–water partition coefficient (Wildman–Crippen LogP) is -6.86. The van der Waals surface area contributed by atoms with Crippen molar-refractivity contribution >= 4 is 0 Å². The zero-order valence-corrected chi connectivity index (χ0v) is 8.57. The summed E-state index contributed by atoms with van der Waals surface area (Å²) < 4.78 is 0. The molecule has 4 N–H and O–H groups in total. The molecule has 0 aromatic rings. The molecule has 30 valence electrons. The van der Waals surface area contributed by atoms with Gasteiger partial charge >= 0.3 is 59.1 Å². The van der Waals surface area contributed by atoms with Crippen molar-refractivity contribution in [2.45, 2.75) is 0 Å². The minimum atomic E-state index is 0. The van der Waals surface area contributed by atoms with Crippen LogP contribution in [0.5, 0.6) is 0 Å². The summed E-state index contributed by atoms with van der Waals surface area (Å²) in [6.07, 6.45) is 0. The van der Waals surface area contributed by atoms with Gasteiger partial charge < -0.3 is 14.3 Å². The Labute approximate surface area is 85.6 Å². The molecule has 0 saturated carbocycles. The van der Waals surface area contributed by atoms with Crippen LogP contribution in [0.2, 0.25) is 0 Å². The molecule has 0 unspecified atom stereocenters. The molecule has 0 aromatic heterocycles. The molecular weight excluding hydrogens is 98.0 g/mol. The van der Waals surface area contributed by atoms with Crippen LogP contribution in [-0.2, 0) is 0 Å². The van der Waals surface area contributed by atoms with Crippen molar-refractivity contribution < 1.29 is 62.0 Å². The Morgan fingerprint density at radius 2 is 1.17 bits per heavy atom. The van der Waals surface area contributed by atoms with E-state index in [0.29, 0.717) is 13.1 Å². The van der Waals surface area contributed by atoms with E-state index in [2.05, 4.69) is 0 Å². The summed E-state index contributed by atoms with van der Waals surface area (Å²) in [6.45, 7) is 1.19. The van der Waals surface area contributed by atoms with Crippen molar-refractivity contribution in [3.8, 4) is 0 Å². The fourth-order valence-corrected chi connectivity index (χ4v) is 0. The topological polar surface area (TPSA) is 52.0 Å². The third-order valence-corrected chi connectivity index (χ3v) is 0.167. The Morgan fingerprint density at radius 3 is 1.17 bits per heavy atom. The van der Waals surface area contributed by atoms with Gasteiger partial charge in [0.15, 0.2) is 0 Å². The van der Waals surface area contributed by atoms with Gasteiger partial charge in [-0.2, -0.15) is 0 Å². The van der Waals surface area contributed by atoms with Gasteiger partial charge in [0, 0.05) is 13.1 Å². The standard InChI is InChI=1S/C2H8N2.2Na.2H/c3-1-2-4;;;;/h1-4H2;;;;/q;2*+1;2*-1. The van der Waals surface area contributed by atoms with Crippen LogP contribution in [0.4, 0.5) is 0 Å². The first kappa shape index (κ1) is 15.7. The summed E-state index contributed by atoms with van der Waals surface area (Å²) >= 11 is 0. The third-order valence-electron chi connectivity index (χ3n) is 0.167. The Balaban J connectivity index is -0.00000000750. The fourth-order valence-electron chi connectivity index (χ4n) is 0. The predicted molar refractivity (Wildman–Crippen MR) is 20.3 cm³/mol. The van der Waals surface area contributed by atoms with E-state index < -0.39 is 0 Å². The first-order valence-electron chi connectivity index (χ1n) is 1.32. The van der Waals surface area contributed by atoms with Gasteiger partial charge in [-0.25, -0.2) is 0 Å². The Morgan fingerprint density at radius 1 is 1.00 bits per heavy atom. The van der Waals surface area contributed by atoms with E-state index in [1.54, 1.807) is 0 Å². The Bertz CT molecular complexity index is 18.0. The van der Waals surface area contributed by atoms with Crippen molar-refractivity contribution in [3.63, 3.8) is 0 Å². The first-order valence-corrected chi connectivity index (χ1v) is 1.32. The Kier molecular flexibility index (Phi) is 41.2. The number of nitrogens with two attached hydrogens (primary N) is 2. The minimum absolute atomic E-state index is 0. The molecule has 0 aliphatic heterocycles. The van der Waals surface area contributed by atoms with Crippen LogP contribution in [0.3, 0.4) is 0 Å². The molecule has 0 amide bonds. The molecule has 6 heavy (non-hydrogen) atoms. The van der Waals surface area contributed by atoms with E-state index in [4.69, 9.17) is 11.5 Å². The van der Waals surface area contributed by atoms with Gasteiger partial charge in [0.1, 0.15) is 0 Å². The number of rotatable bonds is 1. The van der Waals surface area contributed by atoms with E-state index in [-0.39, 0.29) is 62.0 Å². The second-order valence-electron chi connectivity index (χ2n) is 0.577. The molecule has 0 bridgehead atoms. The molecule has 0 radical (unpaired) electrons. The summed E-state index contributed by atoms with van der Waals surface area (Å²) in [5.74, 6) is 0. The minimum Gasteiger partial charge on any atom is -1.00 e. The number of hydrogen-bond acceptors (Lipinski definition) is 2. The molecular formula is C2H10N2Na2. The normalized spacial score (nSPS) is 5.00. The molecule has 0 aromatic carbocycles. The maximum Gasteiger partial charge on any atom is 1.00 e. The van der Waals surface area contributed by atoms with E-state index in [1.807, 2.05) is 0 Å². The van der Waals surface area contributed by atoms with Crippen LogP contribution in [0, 0.1) is 0 Å². The van der Waals surface area contributed by atoms with Crippen LogP contribution in [0.25, 0.3) is 0 Å². The summed E-state index contributed by atoms with van der Waals surface area (Å²) in [6, 6.07) is 0. The molecule has 0 aliphatic carbocycles. The molecule has 0 heterocycles. The average Bonchev–Trinajstić information content (AvgIpc) is 1.37. The van der Waals surface area contributed by atoms with Crippen LogP contribution in [0.15, 0.2) is 0 Å². The van der Waals surface area contributed by atoms with E-state index in [0.717, 1.165) is 0 Å². The molecule has 0 saturated heterocycles. The quantitative estimate of drug-likeness (QED) is 0.328. The number of hydrogen-bond donors (Lipinski definition) is 2. The van der Waals surface area contributed by atoms with Crippen molar-refractivity contribution in [3.05, 3.63) is 0 Å². The van der Waals surface area contributed by atoms with Gasteiger partial charge in [-0.05, 0) is 0 Å². The van der Waals surface area contributed by atoms with E-state index >= 15 is 0 Å². The second kappa shape index (κ2) is 15.8. The smallest absolute Gasteiger partial charge is 1.00 e. The molecule has 0 rings (SSSR count). The second-order valence-corrected chi connectivity index (χ2v) is 0.577. The zero-order chi connectivity index (χ0) is 3.41. The third kappa shape index (κ3) is 16.8.